The second-order valence-corrected chi connectivity index (χ2v) is 3.63. The van der Waals surface area contributed by atoms with Crippen molar-refractivity contribution < 1.29 is 22.4 Å². The average Bonchev–Trinajstić information content (AvgIpc) is 2.04. The highest BCUT2D eigenvalue weighted by Crippen LogP contribution is 1.82. The van der Waals surface area contributed by atoms with Gasteiger partial charge in [-0.15, -0.1) is 0 Å². The molecule has 0 unspecified atom stereocenters. The first-order chi connectivity index (χ1) is 6.45. The van der Waals surface area contributed by atoms with E-state index in [4.69, 9.17) is 9.76 Å². The number of hydroxylamine groups is 2. The van der Waals surface area contributed by atoms with E-state index in [9.17, 15) is 8.42 Å². The lowest BCUT2D eigenvalue weighted by Crippen LogP contribution is -2.41. The van der Waals surface area contributed by atoms with Crippen LogP contribution in [0.2, 0.25) is 0 Å². The first-order valence-electron chi connectivity index (χ1n) is 4.22. The lowest BCUT2D eigenvalue weighted by molar-refractivity contribution is -0.0976. The fourth-order valence-electron chi connectivity index (χ4n) is 0.802. The first-order valence-corrected chi connectivity index (χ1v) is 5.58. The maximum Gasteiger partial charge on any atom is 0.397 e. The van der Waals surface area contributed by atoms with Gasteiger partial charge < -0.3 is 10.5 Å². The van der Waals surface area contributed by atoms with Crippen molar-refractivity contribution >= 4 is 10.4 Å². The van der Waals surface area contributed by atoms with Gasteiger partial charge in [-0.25, -0.2) is 4.18 Å². The molecule has 86 valence electrons. The normalized spacial score (nSPS) is 18.5. The third kappa shape index (κ3) is 9.84. The lowest BCUT2D eigenvalue weighted by atomic mass is 10.4. The second-order valence-electron chi connectivity index (χ2n) is 2.54. The summed E-state index contributed by atoms with van der Waals surface area (Å²) >= 11 is 0. The van der Waals surface area contributed by atoms with E-state index in [-0.39, 0.29) is 6.61 Å². The molecule has 0 atom stereocenters. The fraction of sp³-hybridized carbons (Fsp3) is 1.00. The molecule has 0 amide bonds. The summed E-state index contributed by atoms with van der Waals surface area (Å²) in [6.45, 7) is 4.79. The number of piperazine rings is 1. The predicted octanol–water partition coefficient (Wildman–Crippen LogP) is -0.893. The molecule has 0 aromatic heterocycles. The maximum atomic E-state index is 9.56. The molecule has 0 saturated carbocycles. The Morgan fingerprint density at radius 3 is 2.07 bits per heavy atom. The monoisotopic (exact) mass is 228 g/mol. The van der Waals surface area contributed by atoms with Crippen LogP contribution >= 0.6 is 0 Å². The molecule has 0 aliphatic carbocycles. The average molecular weight is 228 g/mol. The van der Waals surface area contributed by atoms with Crippen molar-refractivity contribution in [3.8, 4) is 0 Å². The quantitative estimate of drug-likeness (QED) is 0.527. The van der Waals surface area contributed by atoms with Crippen LogP contribution in [-0.2, 0) is 14.6 Å². The van der Waals surface area contributed by atoms with Gasteiger partial charge in [-0.05, 0) is 6.92 Å². The van der Waals surface area contributed by atoms with E-state index in [0.29, 0.717) is 0 Å². The number of nitrogens with zero attached hydrogens (tertiary/aromatic N) is 1. The summed E-state index contributed by atoms with van der Waals surface area (Å²) in [4.78, 5) is 0. The summed E-state index contributed by atoms with van der Waals surface area (Å²) in [7, 11) is -4.17. The van der Waals surface area contributed by atoms with Crippen LogP contribution in [0.15, 0.2) is 0 Å². The standard InChI is InChI=1S/C4H10N2O.C2H6O4S/c7-6-3-1-5-2-4-6;1-2-6-7(3,4)5/h5,7H,1-4H2;2H2,1H3,(H,3,4,5). The van der Waals surface area contributed by atoms with Crippen LogP contribution in [0.5, 0.6) is 0 Å². The smallest absolute Gasteiger partial charge is 0.314 e. The van der Waals surface area contributed by atoms with E-state index < -0.39 is 10.4 Å². The van der Waals surface area contributed by atoms with Gasteiger partial charge in [0.05, 0.1) is 6.61 Å². The van der Waals surface area contributed by atoms with Crippen LogP contribution in [0.1, 0.15) is 6.92 Å². The third-order valence-electron chi connectivity index (χ3n) is 1.36. The Balaban J connectivity index is 0.000000241. The fourth-order valence-corrected chi connectivity index (χ4v) is 1.10. The van der Waals surface area contributed by atoms with Gasteiger partial charge >= 0.3 is 10.4 Å². The van der Waals surface area contributed by atoms with Crippen LogP contribution in [0.4, 0.5) is 0 Å². The number of rotatable bonds is 2. The molecule has 0 aromatic carbocycles. The van der Waals surface area contributed by atoms with Crippen LogP contribution in [0.3, 0.4) is 0 Å². The molecular formula is C6H16N2O5S. The van der Waals surface area contributed by atoms with Crippen molar-refractivity contribution in [2.45, 2.75) is 6.92 Å². The SMILES string of the molecule is CCOS(=O)(=O)O.ON1CCNCC1. The van der Waals surface area contributed by atoms with Gasteiger partial charge in [0.2, 0.25) is 0 Å². The van der Waals surface area contributed by atoms with Gasteiger partial charge in [-0.2, -0.15) is 13.5 Å². The van der Waals surface area contributed by atoms with Crippen molar-refractivity contribution in [1.29, 1.82) is 0 Å². The van der Waals surface area contributed by atoms with Crippen molar-refractivity contribution in [3.05, 3.63) is 0 Å². The van der Waals surface area contributed by atoms with E-state index in [1.165, 1.54) is 12.0 Å². The van der Waals surface area contributed by atoms with Gasteiger partial charge in [0.15, 0.2) is 0 Å². The molecule has 1 heterocycles. The van der Waals surface area contributed by atoms with Gasteiger partial charge in [-0.1, -0.05) is 0 Å². The van der Waals surface area contributed by atoms with E-state index in [1.807, 2.05) is 0 Å². The Morgan fingerprint density at radius 2 is 1.93 bits per heavy atom. The molecule has 1 aliphatic rings. The molecule has 0 aromatic rings. The summed E-state index contributed by atoms with van der Waals surface area (Å²) < 4.78 is 30.7. The summed E-state index contributed by atoms with van der Waals surface area (Å²) in [5.74, 6) is 0. The van der Waals surface area contributed by atoms with E-state index >= 15 is 0 Å². The Morgan fingerprint density at radius 1 is 1.43 bits per heavy atom. The highest BCUT2D eigenvalue weighted by Gasteiger charge is 2.03. The van der Waals surface area contributed by atoms with E-state index in [1.54, 1.807) is 0 Å². The molecule has 1 rings (SSSR count). The summed E-state index contributed by atoms with van der Waals surface area (Å²) in [5.41, 5.74) is 0. The van der Waals surface area contributed by atoms with Crippen LogP contribution in [0, 0.1) is 0 Å². The molecule has 7 nitrogen and oxygen atoms in total. The van der Waals surface area contributed by atoms with Gasteiger partial charge in [0.1, 0.15) is 0 Å². The highest BCUT2D eigenvalue weighted by molar-refractivity contribution is 7.80. The molecule has 0 radical (unpaired) electrons. The zero-order valence-electron chi connectivity index (χ0n) is 8.01. The maximum absolute atomic E-state index is 9.56. The van der Waals surface area contributed by atoms with E-state index in [2.05, 4.69) is 9.50 Å². The highest BCUT2D eigenvalue weighted by atomic mass is 32.3. The predicted molar refractivity (Wildman–Crippen MR) is 49.4 cm³/mol. The molecule has 3 N–H and O–H groups in total. The number of hydrogen-bond donors (Lipinski definition) is 3. The second kappa shape index (κ2) is 7.10. The first kappa shape index (κ1) is 13.8. The van der Waals surface area contributed by atoms with Crippen molar-refractivity contribution in [2.24, 2.45) is 0 Å². The summed E-state index contributed by atoms with van der Waals surface area (Å²) in [6, 6.07) is 0. The molecule has 14 heavy (non-hydrogen) atoms. The summed E-state index contributed by atoms with van der Waals surface area (Å²) in [6.07, 6.45) is 0. The molecular weight excluding hydrogens is 212 g/mol. The van der Waals surface area contributed by atoms with Crippen molar-refractivity contribution in [2.75, 3.05) is 32.8 Å². The summed E-state index contributed by atoms with van der Waals surface area (Å²) in [5, 5.41) is 13.1. The Bertz CT molecular complexity index is 224. The Labute approximate surface area is 83.6 Å². The molecule has 0 spiro atoms. The van der Waals surface area contributed by atoms with E-state index in [0.717, 1.165) is 26.2 Å². The minimum atomic E-state index is -4.17. The minimum absolute atomic E-state index is 0.0289. The van der Waals surface area contributed by atoms with Gasteiger partial charge in [0, 0.05) is 26.2 Å². The van der Waals surface area contributed by atoms with Crippen molar-refractivity contribution in [1.82, 2.24) is 10.4 Å². The Kier molecular flexibility index (Phi) is 6.97. The largest absolute Gasteiger partial charge is 0.397 e. The van der Waals surface area contributed by atoms with Crippen LogP contribution in [0.25, 0.3) is 0 Å². The topological polar surface area (TPSA) is 99.1 Å². The molecule has 0 bridgehead atoms. The molecule has 1 fully saturated rings. The number of hydrogen-bond acceptors (Lipinski definition) is 6. The van der Waals surface area contributed by atoms with Crippen molar-refractivity contribution in [3.63, 3.8) is 0 Å². The van der Waals surface area contributed by atoms with Gasteiger partial charge in [0.25, 0.3) is 0 Å². The lowest BCUT2D eigenvalue weighted by Gasteiger charge is -2.19. The number of nitrogens with one attached hydrogen (secondary N) is 1. The van der Waals surface area contributed by atoms with Crippen LogP contribution in [-0.4, -0.2) is 56.0 Å². The molecule has 8 heteroatoms. The van der Waals surface area contributed by atoms with Gasteiger partial charge in [-0.3, -0.25) is 4.55 Å². The van der Waals surface area contributed by atoms with Crippen LogP contribution < -0.4 is 5.32 Å². The Hall–Kier alpha value is -0.250. The minimum Gasteiger partial charge on any atom is -0.314 e. The molecule has 1 aliphatic heterocycles. The third-order valence-corrected chi connectivity index (χ3v) is 1.89. The molecule has 1 saturated heterocycles. The zero-order chi connectivity index (χ0) is 11.0. The zero-order valence-corrected chi connectivity index (χ0v) is 8.83.